The van der Waals surface area contributed by atoms with Gasteiger partial charge in [-0.15, -0.1) is 0 Å². The first-order valence-electron chi connectivity index (χ1n) is 7.69. The largest absolute Gasteiger partial charge is 0.360 e. The summed E-state index contributed by atoms with van der Waals surface area (Å²) in [6.45, 7) is 1.43. The van der Waals surface area contributed by atoms with E-state index in [1.165, 1.54) is 6.92 Å². The van der Waals surface area contributed by atoms with Gasteiger partial charge in [-0.25, -0.2) is 0 Å². The van der Waals surface area contributed by atoms with E-state index < -0.39 is 0 Å². The highest BCUT2D eigenvalue weighted by atomic mass is 16.1. The highest BCUT2D eigenvalue weighted by Gasteiger charge is 2.16. The first kappa shape index (κ1) is 16.2. The molecule has 1 aromatic heterocycles. The Balaban J connectivity index is 1.91. The summed E-state index contributed by atoms with van der Waals surface area (Å²) in [6, 6.07) is 16.4. The predicted molar refractivity (Wildman–Crippen MR) is 97.0 cm³/mol. The number of para-hydroxylation sites is 1. The molecule has 0 aliphatic carbocycles. The van der Waals surface area contributed by atoms with Crippen molar-refractivity contribution >= 4 is 34.4 Å². The highest BCUT2D eigenvalue weighted by molar-refractivity contribution is 6.19. The lowest BCUT2D eigenvalue weighted by molar-refractivity contribution is -0.114. The molecular formula is C20H15N3O2. The second-order valence-corrected chi connectivity index (χ2v) is 5.55. The van der Waals surface area contributed by atoms with Gasteiger partial charge in [0, 0.05) is 35.3 Å². The van der Waals surface area contributed by atoms with Gasteiger partial charge in [-0.05, 0) is 29.8 Å². The summed E-state index contributed by atoms with van der Waals surface area (Å²) in [5.41, 5.74) is 2.74. The summed E-state index contributed by atoms with van der Waals surface area (Å²) >= 11 is 0. The summed E-state index contributed by atoms with van der Waals surface area (Å²) < 4.78 is 0. The molecule has 3 rings (SSSR count). The maximum absolute atomic E-state index is 12.7. The van der Waals surface area contributed by atoms with Crippen LogP contribution in [0.2, 0.25) is 0 Å². The number of carbonyl (C=O) groups excluding carboxylic acids is 2. The summed E-state index contributed by atoms with van der Waals surface area (Å²) in [7, 11) is 0. The molecule has 122 valence electrons. The van der Waals surface area contributed by atoms with E-state index in [2.05, 4.69) is 10.3 Å². The Bertz CT molecular complexity index is 1020. The van der Waals surface area contributed by atoms with Crippen LogP contribution >= 0.6 is 0 Å². The van der Waals surface area contributed by atoms with Gasteiger partial charge in [0.15, 0.2) is 0 Å². The molecule has 0 saturated carbocycles. The molecule has 0 radical (unpaired) electrons. The van der Waals surface area contributed by atoms with Crippen molar-refractivity contribution in [2.75, 3.05) is 5.32 Å². The molecule has 2 N–H and O–H groups in total. The fourth-order valence-corrected chi connectivity index (χ4v) is 2.59. The third-order valence-electron chi connectivity index (χ3n) is 3.74. The number of H-pyrrole nitrogens is 1. The Kier molecular flexibility index (Phi) is 4.44. The molecule has 0 spiro atoms. The number of hydrogen-bond donors (Lipinski definition) is 2. The molecule has 0 fully saturated rings. The lowest BCUT2D eigenvalue weighted by Gasteiger charge is -2.02. The number of Topliss-reactive ketones (excluding diaryl/α,β-unsaturated/α-hetero) is 1. The molecule has 5 nitrogen and oxygen atoms in total. The molecule has 0 bridgehead atoms. The van der Waals surface area contributed by atoms with Crippen molar-refractivity contribution in [1.29, 1.82) is 5.26 Å². The van der Waals surface area contributed by atoms with E-state index in [0.717, 1.165) is 10.9 Å². The third kappa shape index (κ3) is 3.48. The van der Waals surface area contributed by atoms with E-state index in [1.807, 2.05) is 30.3 Å². The number of amides is 1. The molecule has 1 heterocycles. The van der Waals surface area contributed by atoms with Crippen molar-refractivity contribution in [1.82, 2.24) is 4.98 Å². The Morgan fingerprint density at radius 3 is 2.52 bits per heavy atom. The zero-order chi connectivity index (χ0) is 17.8. The van der Waals surface area contributed by atoms with Crippen LogP contribution in [0.3, 0.4) is 0 Å². The van der Waals surface area contributed by atoms with Gasteiger partial charge in [-0.1, -0.05) is 30.3 Å². The number of nitrogens with zero attached hydrogens (tertiary/aromatic N) is 1. The average molecular weight is 329 g/mol. The SMILES string of the molecule is CC(=O)Nc1ccc(/C=C(/C#N)C(=O)c2c[nH]c3ccccc23)cc1. The van der Waals surface area contributed by atoms with Crippen molar-refractivity contribution in [3.63, 3.8) is 0 Å². The second-order valence-electron chi connectivity index (χ2n) is 5.55. The number of nitrogens with one attached hydrogen (secondary N) is 2. The van der Waals surface area contributed by atoms with E-state index in [4.69, 9.17) is 0 Å². The zero-order valence-electron chi connectivity index (χ0n) is 13.5. The average Bonchev–Trinajstić information content (AvgIpc) is 3.04. The van der Waals surface area contributed by atoms with Gasteiger partial charge in [-0.3, -0.25) is 9.59 Å². The minimum atomic E-state index is -0.328. The standard InChI is InChI=1S/C20H15N3O2/c1-13(24)23-16-8-6-14(7-9-16)10-15(11-21)20(25)18-12-22-19-5-3-2-4-17(18)19/h2-10,12,22H,1H3,(H,23,24)/b15-10-. The minimum Gasteiger partial charge on any atom is -0.360 e. The Morgan fingerprint density at radius 1 is 1.12 bits per heavy atom. The van der Waals surface area contributed by atoms with Gasteiger partial charge in [0.2, 0.25) is 11.7 Å². The monoisotopic (exact) mass is 329 g/mol. The fourth-order valence-electron chi connectivity index (χ4n) is 2.59. The molecule has 0 atom stereocenters. The number of hydrogen-bond acceptors (Lipinski definition) is 3. The number of fused-ring (bicyclic) bond motifs is 1. The summed E-state index contributed by atoms with van der Waals surface area (Å²) in [6.07, 6.45) is 3.17. The molecule has 2 aromatic carbocycles. The number of aromatic amines is 1. The van der Waals surface area contributed by atoms with Crippen LogP contribution in [0, 0.1) is 11.3 Å². The smallest absolute Gasteiger partial charge is 0.221 e. The van der Waals surface area contributed by atoms with E-state index in [1.54, 1.807) is 36.5 Å². The van der Waals surface area contributed by atoms with Crippen LogP contribution in [0.5, 0.6) is 0 Å². The van der Waals surface area contributed by atoms with Crippen molar-refractivity contribution in [2.24, 2.45) is 0 Å². The normalized spacial score (nSPS) is 11.1. The number of allylic oxidation sites excluding steroid dienone is 1. The van der Waals surface area contributed by atoms with Gasteiger partial charge in [0.05, 0.1) is 0 Å². The first-order chi connectivity index (χ1) is 12.1. The van der Waals surface area contributed by atoms with Crippen LogP contribution < -0.4 is 5.32 Å². The molecule has 25 heavy (non-hydrogen) atoms. The topological polar surface area (TPSA) is 85.8 Å². The number of aromatic nitrogens is 1. The van der Waals surface area contributed by atoms with Gasteiger partial charge in [0.25, 0.3) is 0 Å². The molecule has 0 unspecified atom stereocenters. The number of benzene rings is 2. The lowest BCUT2D eigenvalue weighted by atomic mass is 10.0. The number of anilines is 1. The molecular weight excluding hydrogens is 314 g/mol. The summed E-state index contributed by atoms with van der Waals surface area (Å²) in [5.74, 6) is -0.485. The van der Waals surface area contributed by atoms with Crippen molar-refractivity contribution < 1.29 is 9.59 Å². The molecule has 0 aliphatic heterocycles. The number of rotatable bonds is 4. The first-order valence-corrected chi connectivity index (χ1v) is 7.69. The van der Waals surface area contributed by atoms with Crippen molar-refractivity contribution in [2.45, 2.75) is 6.92 Å². The van der Waals surface area contributed by atoms with E-state index in [9.17, 15) is 14.9 Å². The third-order valence-corrected chi connectivity index (χ3v) is 3.74. The van der Waals surface area contributed by atoms with Gasteiger partial charge in [0.1, 0.15) is 11.6 Å². The maximum atomic E-state index is 12.7. The van der Waals surface area contributed by atoms with Crippen LogP contribution in [-0.2, 0) is 4.79 Å². The van der Waals surface area contributed by atoms with E-state index in [0.29, 0.717) is 16.8 Å². The molecule has 0 saturated heterocycles. The summed E-state index contributed by atoms with van der Waals surface area (Å²) in [4.78, 5) is 26.8. The minimum absolute atomic E-state index is 0.0528. The van der Waals surface area contributed by atoms with Crippen LogP contribution in [0.4, 0.5) is 5.69 Å². The fraction of sp³-hybridized carbons (Fsp3) is 0.0500. The Hall–Kier alpha value is -3.65. The molecule has 0 aliphatic rings. The molecule has 1 amide bonds. The zero-order valence-corrected chi connectivity index (χ0v) is 13.5. The van der Waals surface area contributed by atoms with E-state index >= 15 is 0 Å². The van der Waals surface area contributed by atoms with Crippen LogP contribution in [-0.4, -0.2) is 16.7 Å². The number of nitriles is 1. The van der Waals surface area contributed by atoms with Crippen molar-refractivity contribution in [3.05, 3.63) is 71.4 Å². The Labute approximate surface area is 144 Å². The Morgan fingerprint density at radius 2 is 1.84 bits per heavy atom. The molecule has 5 heteroatoms. The summed E-state index contributed by atoms with van der Waals surface area (Å²) in [5, 5.41) is 12.9. The quantitative estimate of drug-likeness (QED) is 0.432. The maximum Gasteiger partial charge on any atom is 0.221 e. The number of ketones is 1. The van der Waals surface area contributed by atoms with E-state index in [-0.39, 0.29) is 17.3 Å². The van der Waals surface area contributed by atoms with Gasteiger partial charge in [-0.2, -0.15) is 5.26 Å². The van der Waals surface area contributed by atoms with Crippen LogP contribution in [0.1, 0.15) is 22.8 Å². The lowest BCUT2D eigenvalue weighted by Crippen LogP contribution is -2.05. The highest BCUT2D eigenvalue weighted by Crippen LogP contribution is 2.22. The van der Waals surface area contributed by atoms with Crippen molar-refractivity contribution in [3.8, 4) is 6.07 Å². The van der Waals surface area contributed by atoms with Gasteiger partial charge < -0.3 is 10.3 Å². The number of carbonyl (C=O) groups is 2. The van der Waals surface area contributed by atoms with Crippen LogP contribution in [0.15, 0.2) is 60.3 Å². The van der Waals surface area contributed by atoms with Gasteiger partial charge >= 0.3 is 0 Å². The van der Waals surface area contributed by atoms with Crippen LogP contribution in [0.25, 0.3) is 17.0 Å². The molecule has 3 aromatic rings. The second kappa shape index (κ2) is 6.85. The predicted octanol–water partition coefficient (Wildman–Crippen LogP) is 3.92.